The molecule has 0 saturated heterocycles. The molecule has 0 unspecified atom stereocenters. The molecule has 1 heterocycles. The molecular weight excluding hydrogens is 504 g/mol. The molecule has 1 aromatic heterocycles. The van der Waals surface area contributed by atoms with Crippen LogP contribution in [0.3, 0.4) is 0 Å². The Morgan fingerprint density at radius 1 is 1.23 bits per heavy atom. The molecule has 0 aromatic carbocycles. The molecule has 9 heteroatoms. The molecule has 172 valence electrons. The second kappa shape index (κ2) is 11.1. The molecule has 0 spiro atoms. The lowest BCUT2D eigenvalue weighted by molar-refractivity contribution is -0.144. The summed E-state index contributed by atoms with van der Waals surface area (Å²) in [6.07, 6.45) is -0.0236. The van der Waals surface area contributed by atoms with E-state index in [9.17, 15) is 9.35 Å². The van der Waals surface area contributed by atoms with Crippen LogP contribution in [-0.4, -0.2) is 34.9 Å². The van der Waals surface area contributed by atoms with E-state index in [0.717, 1.165) is 23.3 Å². The molecule has 0 aliphatic carbocycles. The van der Waals surface area contributed by atoms with Crippen LogP contribution in [0, 0.1) is 0 Å². The summed E-state index contributed by atoms with van der Waals surface area (Å²) >= 11 is 9.12. The van der Waals surface area contributed by atoms with Crippen molar-refractivity contribution in [1.29, 1.82) is 0 Å². The maximum atomic E-state index is 13.0. The molecule has 0 radical (unpaired) electrons. The smallest absolute Gasteiger partial charge is 0.308 e. The van der Waals surface area contributed by atoms with Gasteiger partial charge in [0.25, 0.3) is 0 Å². The summed E-state index contributed by atoms with van der Waals surface area (Å²) in [5.41, 5.74) is -0.513. The number of aromatic nitrogens is 1. The standard InChI is InChI=1S/C21H36BrClN2O3SSi/c1-9-28-17(26)14-21(8,25-29(27)20(5,6)7)19-18(23)15(13-16(22)24-19)30(10-2,11-3)12-4/h13,25H,9-12,14H2,1-8H3/t21-,29+/m0/s1. The van der Waals surface area contributed by atoms with E-state index in [-0.39, 0.29) is 19.0 Å². The van der Waals surface area contributed by atoms with Crippen molar-refractivity contribution >= 4 is 58.1 Å². The van der Waals surface area contributed by atoms with E-state index in [2.05, 4.69) is 46.4 Å². The Morgan fingerprint density at radius 3 is 2.20 bits per heavy atom. The summed E-state index contributed by atoms with van der Waals surface area (Å²) in [7, 11) is -1.83. The first-order chi connectivity index (χ1) is 13.8. The van der Waals surface area contributed by atoms with Gasteiger partial charge >= 0.3 is 5.97 Å². The van der Waals surface area contributed by atoms with Gasteiger partial charge in [-0.3, -0.25) is 4.79 Å². The van der Waals surface area contributed by atoms with Gasteiger partial charge in [0.05, 0.1) is 31.8 Å². The van der Waals surface area contributed by atoms with Gasteiger partial charge in [0.2, 0.25) is 0 Å². The van der Waals surface area contributed by atoms with Crippen LogP contribution in [0.1, 0.15) is 67.5 Å². The van der Waals surface area contributed by atoms with Crippen molar-refractivity contribution in [2.75, 3.05) is 6.61 Å². The molecule has 1 aromatic rings. The summed E-state index contributed by atoms with van der Waals surface area (Å²) < 4.78 is 21.5. The molecular formula is C21H36BrClN2O3SSi. The maximum Gasteiger partial charge on any atom is 0.308 e. The number of pyridine rings is 1. The highest BCUT2D eigenvalue weighted by molar-refractivity contribution is 9.10. The molecule has 0 saturated carbocycles. The normalized spacial score (nSPS) is 15.6. The van der Waals surface area contributed by atoms with Crippen LogP contribution >= 0.6 is 27.5 Å². The number of hydrogen-bond donors (Lipinski definition) is 1. The predicted molar refractivity (Wildman–Crippen MR) is 133 cm³/mol. The number of nitrogens with zero attached hydrogens (tertiary/aromatic N) is 1. The van der Waals surface area contributed by atoms with E-state index in [0.29, 0.717) is 15.3 Å². The van der Waals surface area contributed by atoms with Gasteiger partial charge in [-0.05, 0) is 61.8 Å². The van der Waals surface area contributed by atoms with Crippen molar-refractivity contribution in [3.8, 4) is 0 Å². The summed E-state index contributed by atoms with van der Waals surface area (Å²) in [5.74, 6) is -0.386. The second-order valence-electron chi connectivity index (χ2n) is 8.79. The zero-order chi connectivity index (χ0) is 23.3. The number of halogens is 2. The number of carbonyl (C=O) groups is 1. The largest absolute Gasteiger partial charge is 0.598 e. The Hall–Kier alpha value is -0.123. The Labute approximate surface area is 199 Å². The Balaban J connectivity index is 3.69. The minimum atomic E-state index is -1.83. The van der Waals surface area contributed by atoms with Gasteiger partial charge < -0.3 is 9.29 Å². The summed E-state index contributed by atoms with van der Waals surface area (Å²) in [5, 5.41) is 1.70. The summed E-state index contributed by atoms with van der Waals surface area (Å²) in [6, 6.07) is 5.21. The van der Waals surface area contributed by atoms with E-state index in [1.807, 2.05) is 33.8 Å². The highest BCUT2D eigenvalue weighted by atomic mass is 79.9. The SMILES string of the molecule is CCOC(=O)C[C@](C)(N[S@+]([O-])C(C)(C)C)c1nc(Br)cc([Si](CC)(CC)CC)c1Cl. The average molecular weight is 540 g/mol. The van der Waals surface area contributed by atoms with Crippen LogP contribution in [0.15, 0.2) is 10.7 Å². The van der Waals surface area contributed by atoms with Crippen LogP contribution in [-0.2, 0) is 26.4 Å². The lowest BCUT2D eigenvalue weighted by Gasteiger charge is -2.36. The highest BCUT2D eigenvalue weighted by Gasteiger charge is 2.43. The van der Waals surface area contributed by atoms with E-state index in [4.69, 9.17) is 16.3 Å². The minimum absolute atomic E-state index is 0.0236. The fraction of sp³-hybridized carbons (Fsp3) is 0.714. The third kappa shape index (κ3) is 6.45. The minimum Gasteiger partial charge on any atom is -0.598 e. The van der Waals surface area contributed by atoms with Gasteiger partial charge in [0.1, 0.15) is 14.9 Å². The second-order valence-corrected chi connectivity index (χ2v) is 17.2. The number of hydrogen-bond acceptors (Lipinski definition) is 5. The van der Waals surface area contributed by atoms with Gasteiger partial charge in [-0.15, -0.1) is 4.72 Å². The van der Waals surface area contributed by atoms with E-state index in [1.165, 1.54) is 0 Å². The number of nitrogens with one attached hydrogen (secondary N) is 1. The first kappa shape index (κ1) is 27.9. The lowest BCUT2D eigenvalue weighted by Crippen LogP contribution is -2.53. The van der Waals surface area contributed by atoms with Crippen molar-refractivity contribution < 1.29 is 14.1 Å². The first-order valence-corrected chi connectivity index (χ1v) is 15.5. The number of carbonyl (C=O) groups excluding carboxylic acids is 1. The fourth-order valence-corrected chi connectivity index (χ4v) is 9.68. The maximum absolute atomic E-state index is 13.0. The van der Waals surface area contributed by atoms with Crippen LogP contribution in [0.5, 0.6) is 0 Å². The van der Waals surface area contributed by atoms with E-state index in [1.54, 1.807) is 6.92 Å². The van der Waals surface area contributed by atoms with Crippen molar-refractivity contribution in [1.82, 2.24) is 9.71 Å². The van der Waals surface area contributed by atoms with Gasteiger partial charge in [0.15, 0.2) is 0 Å². The molecule has 0 bridgehead atoms. The zero-order valence-corrected chi connectivity index (χ0v) is 23.6. The monoisotopic (exact) mass is 538 g/mol. The fourth-order valence-electron chi connectivity index (χ4n) is 3.60. The van der Waals surface area contributed by atoms with Crippen LogP contribution in [0.25, 0.3) is 0 Å². The molecule has 1 N–H and O–H groups in total. The molecule has 0 fully saturated rings. The van der Waals surface area contributed by atoms with Gasteiger partial charge in [-0.25, -0.2) is 4.98 Å². The molecule has 2 atom stereocenters. The quantitative estimate of drug-likeness (QED) is 0.186. The van der Waals surface area contributed by atoms with E-state index < -0.39 is 29.7 Å². The van der Waals surface area contributed by atoms with Crippen LogP contribution in [0.2, 0.25) is 23.2 Å². The number of esters is 1. The van der Waals surface area contributed by atoms with Gasteiger partial charge in [-0.2, -0.15) is 0 Å². The molecule has 30 heavy (non-hydrogen) atoms. The highest BCUT2D eigenvalue weighted by Crippen LogP contribution is 2.35. The van der Waals surface area contributed by atoms with Crippen molar-refractivity contribution in [2.24, 2.45) is 0 Å². The van der Waals surface area contributed by atoms with Crippen molar-refractivity contribution in [3.63, 3.8) is 0 Å². The molecule has 0 aliphatic heterocycles. The lowest BCUT2D eigenvalue weighted by atomic mass is 9.94. The summed E-state index contributed by atoms with van der Waals surface area (Å²) in [6.45, 7) is 16.2. The third-order valence-corrected chi connectivity index (χ3v) is 14.0. The van der Waals surface area contributed by atoms with Crippen LogP contribution < -0.4 is 9.91 Å². The predicted octanol–water partition coefficient (Wildman–Crippen LogP) is 5.43. The zero-order valence-electron chi connectivity index (χ0n) is 19.4. The Morgan fingerprint density at radius 2 is 1.77 bits per heavy atom. The van der Waals surface area contributed by atoms with Crippen LogP contribution in [0.4, 0.5) is 0 Å². The molecule has 1 rings (SSSR count). The Bertz CT molecular complexity index is 735. The molecule has 0 amide bonds. The van der Waals surface area contributed by atoms with Crippen molar-refractivity contribution in [3.05, 3.63) is 21.4 Å². The van der Waals surface area contributed by atoms with E-state index >= 15 is 0 Å². The first-order valence-electron chi connectivity index (χ1n) is 10.5. The van der Waals surface area contributed by atoms with Crippen molar-refractivity contribution in [2.45, 2.75) is 90.2 Å². The molecule has 5 nitrogen and oxygen atoms in total. The topological polar surface area (TPSA) is 74.3 Å². The molecule has 0 aliphatic rings. The average Bonchev–Trinajstić information content (AvgIpc) is 2.65. The number of rotatable bonds is 10. The number of ether oxygens (including phenoxy) is 1. The summed E-state index contributed by atoms with van der Waals surface area (Å²) in [4.78, 5) is 17.1. The third-order valence-electron chi connectivity index (χ3n) is 5.73. The Kier molecular flexibility index (Phi) is 10.4. The van der Waals surface area contributed by atoms with Gasteiger partial charge in [-0.1, -0.05) is 50.5 Å². The van der Waals surface area contributed by atoms with Gasteiger partial charge in [0, 0.05) is 11.4 Å².